The topological polar surface area (TPSA) is 68.5 Å². The summed E-state index contributed by atoms with van der Waals surface area (Å²) < 4.78 is 11.1. The Balaban J connectivity index is 1.42. The zero-order chi connectivity index (χ0) is 18.0. The van der Waals surface area contributed by atoms with Crippen LogP contribution >= 0.6 is 0 Å². The Hall–Kier alpha value is -2.21. The van der Waals surface area contributed by atoms with Gasteiger partial charge in [0.25, 0.3) is 0 Å². The van der Waals surface area contributed by atoms with Gasteiger partial charge in [-0.2, -0.15) is 4.98 Å². The molecule has 1 aliphatic heterocycles. The Kier molecular flexibility index (Phi) is 4.76. The number of aromatic nitrogens is 2. The Labute approximate surface area is 153 Å². The van der Waals surface area contributed by atoms with Gasteiger partial charge in [-0.05, 0) is 44.6 Å². The molecule has 1 aromatic carbocycles. The average molecular weight is 355 g/mol. The number of amides is 1. The van der Waals surface area contributed by atoms with E-state index in [1.54, 1.807) is 0 Å². The number of ether oxygens (including phenoxy) is 1. The molecule has 1 aromatic heterocycles. The molecule has 26 heavy (non-hydrogen) atoms. The van der Waals surface area contributed by atoms with E-state index in [0.29, 0.717) is 24.9 Å². The number of carbonyl (C=O) groups is 1. The molecule has 0 radical (unpaired) electrons. The summed E-state index contributed by atoms with van der Waals surface area (Å²) in [5, 5.41) is 4.21. The number of nitrogens with zero attached hydrogens (tertiary/aromatic N) is 3. The fraction of sp³-hybridized carbons (Fsp3) is 0.550. The summed E-state index contributed by atoms with van der Waals surface area (Å²) in [5.41, 5.74) is 0.552. The van der Waals surface area contributed by atoms with Gasteiger partial charge in [0.1, 0.15) is 12.1 Å². The summed E-state index contributed by atoms with van der Waals surface area (Å²) in [6, 6.07) is 9.89. The van der Waals surface area contributed by atoms with Gasteiger partial charge in [-0.3, -0.25) is 4.79 Å². The summed E-state index contributed by atoms with van der Waals surface area (Å²) in [6.07, 6.45) is 5.13. The first-order valence-electron chi connectivity index (χ1n) is 9.43. The second kappa shape index (κ2) is 7.19. The average Bonchev–Trinajstić information content (AvgIpc) is 3.39. The third-order valence-electron chi connectivity index (χ3n) is 5.38. The Morgan fingerprint density at radius 3 is 2.88 bits per heavy atom. The maximum atomic E-state index is 12.8. The Morgan fingerprint density at radius 2 is 2.12 bits per heavy atom. The quantitative estimate of drug-likeness (QED) is 0.794. The van der Waals surface area contributed by atoms with Crippen LogP contribution in [0.5, 0.6) is 0 Å². The lowest BCUT2D eigenvalue weighted by Gasteiger charge is -2.42. The van der Waals surface area contributed by atoms with Gasteiger partial charge in [0.15, 0.2) is 5.82 Å². The van der Waals surface area contributed by atoms with Crippen LogP contribution in [0.1, 0.15) is 62.2 Å². The molecule has 2 fully saturated rings. The largest absolute Gasteiger partial charge is 0.367 e. The van der Waals surface area contributed by atoms with E-state index in [9.17, 15) is 4.79 Å². The molecular formula is C20H25N3O3. The van der Waals surface area contributed by atoms with Gasteiger partial charge >= 0.3 is 0 Å². The molecule has 1 unspecified atom stereocenters. The van der Waals surface area contributed by atoms with Crippen molar-refractivity contribution in [2.24, 2.45) is 0 Å². The first kappa shape index (κ1) is 17.2. The molecule has 1 saturated carbocycles. The van der Waals surface area contributed by atoms with Crippen molar-refractivity contribution in [3.63, 3.8) is 0 Å². The molecule has 138 valence electrons. The fourth-order valence-electron chi connectivity index (χ4n) is 3.61. The maximum Gasteiger partial charge on any atom is 0.249 e. The minimum Gasteiger partial charge on any atom is -0.367 e. The van der Waals surface area contributed by atoms with Crippen molar-refractivity contribution in [3.8, 4) is 0 Å². The first-order valence-corrected chi connectivity index (χ1v) is 9.43. The second-order valence-corrected chi connectivity index (χ2v) is 7.49. The van der Waals surface area contributed by atoms with Crippen LogP contribution in [-0.4, -0.2) is 34.1 Å². The first-order chi connectivity index (χ1) is 12.7. The molecule has 1 aliphatic carbocycles. The lowest BCUT2D eigenvalue weighted by Crippen LogP contribution is -2.52. The van der Waals surface area contributed by atoms with E-state index in [1.807, 2.05) is 42.2 Å². The normalized spacial score (nSPS) is 23.2. The summed E-state index contributed by atoms with van der Waals surface area (Å²) in [4.78, 5) is 19.3. The van der Waals surface area contributed by atoms with Crippen LogP contribution in [0.25, 0.3) is 0 Å². The van der Waals surface area contributed by atoms with Gasteiger partial charge in [0.05, 0.1) is 6.61 Å². The van der Waals surface area contributed by atoms with Gasteiger partial charge in [-0.25, -0.2) is 0 Å². The van der Waals surface area contributed by atoms with Crippen LogP contribution < -0.4 is 0 Å². The number of hydrogen-bond acceptors (Lipinski definition) is 5. The molecule has 6 heteroatoms. The summed E-state index contributed by atoms with van der Waals surface area (Å²) in [7, 11) is 0. The number of piperidine rings is 1. The van der Waals surface area contributed by atoms with Crippen molar-refractivity contribution in [1.82, 2.24) is 15.0 Å². The van der Waals surface area contributed by atoms with Crippen LogP contribution in [-0.2, 0) is 21.7 Å². The molecular weight excluding hydrogens is 330 g/mol. The monoisotopic (exact) mass is 355 g/mol. The van der Waals surface area contributed by atoms with Crippen molar-refractivity contribution in [1.29, 1.82) is 0 Å². The lowest BCUT2D eigenvalue weighted by atomic mass is 9.87. The predicted octanol–water partition coefficient (Wildman–Crippen LogP) is 3.39. The number of hydrogen-bond donors (Lipinski definition) is 0. The Bertz CT molecular complexity index is 757. The summed E-state index contributed by atoms with van der Waals surface area (Å²) in [5.74, 6) is 1.76. The van der Waals surface area contributed by atoms with E-state index in [4.69, 9.17) is 9.26 Å². The van der Waals surface area contributed by atoms with Gasteiger partial charge in [-0.1, -0.05) is 35.5 Å². The van der Waals surface area contributed by atoms with E-state index in [2.05, 4.69) is 10.1 Å². The van der Waals surface area contributed by atoms with Gasteiger partial charge in [-0.15, -0.1) is 0 Å². The predicted molar refractivity (Wildman–Crippen MR) is 95.3 cm³/mol. The Morgan fingerprint density at radius 1 is 1.31 bits per heavy atom. The van der Waals surface area contributed by atoms with Gasteiger partial charge in [0, 0.05) is 12.5 Å². The van der Waals surface area contributed by atoms with Crippen molar-refractivity contribution < 1.29 is 14.1 Å². The van der Waals surface area contributed by atoms with Gasteiger partial charge in [0.2, 0.25) is 11.8 Å². The molecule has 0 N–H and O–H groups in total. The number of carbonyl (C=O) groups excluding carboxylic acids is 1. The molecule has 2 aliphatic rings. The maximum absolute atomic E-state index is 12.8. The van der Waals surface area contributed by atoms with Crippen LogP contribution in [0.2, 0.25) is 0 Å². The zero-order valence-electron chi connectivity index (χ0n) is 15.2. The van der Waals surface area contributed by atoms with Crippen molar-refractivity contribution in [2.45, 2.75) is 57.1 Å². The third-order valence-corrected chi connectivity index (χ3v) is 5.38. The lowest BCUT2D eigenvalue weighted by molar-refractivity contribution is -0.145. The molecule has 0 spiro atoms. The highest BCUT2D eigenvalue weighted by Crippen LogP contribution is 2.41. The molecule has 0 bridgehead atoms. The molecule has 1 amide bonds. The van der Waals surface area contributed by atoms with Gasteiger partial charge < -0.3 is 14.2 Å². The van der Waals surface area contributed by atoms with E-state index in [0.717, 1.165) is 43.6 Å². The summed E-state index contributed by atoms with van der Waals surface area (Å²) >= 11 is 0. The minimum absolute atomic E-state index is 0.0131. The van der Waals surface area contributed by atoms with E-state index < -0.39 is 5.54 Å². The standard InChI is InChI=1S/C20H25N3O3/c1-20(19-21-18(26-22-19)16-9-10-16)11-5-6-12-23(20)17(24)14-25-13-15-7-3-2-4-8-15/h2-4,7-8,16H,5-6,9-14H2,1H3. The smallest absolute Gasteiger partial charge is 0.249 e. The molecule has 1 atom stereocenters. The van der Waals surface area contributed by atoms with Crippen LogP contribution in [0.15, 0.2) is 34.9 Å². The molecule has 2 heterocycles. The fourth-order valence-corrected chi connectivity index (χ4v) is 3.61. The van der Waals surface area contributed by atoms with Crippen LogP contribution in [0.3, 0.4) is 0 Å². The van der Waals surface area contributed by atoms with Crippen molar-refractivity contribution in [2.75, 3.05) is 13.2 Å². The number of likely N-dealkylation sites (tertiary alicyclic amines) is 1. The minimum atomic E-state index is -0.512. The molecule has 6 nitrogen and oxygen atoms in total. The second-order valence-electron chi connectivity index (χ2n) is 7.49. The number of rotatable bonds is 6. The van der Waals surface area contributed by atoms with E-state index >= 15 is 0 Å². The highest BCUT2D eigenvalue weighted by molar-refractivity contribution is 5.78. The molecule has 1 saturated heterocycles. The highest BCUT2D eigenvalue weighted by Gasteiger charge is 2.43. The van der Waals surface area contributed by atoms with Crippen LogP contribution in [0.4, 0.5) is 0 Å². The number of benzene rings is 1. The molecule has 4 rings (SSSR count). The summed E-state index contributed by atoms with van der Waals surface area (Å²) in [6.45, 7) is 3.25. The van der Waals surface area contributed by atoms with Crippen molar-refractivity contribution in [3.05, 3.63) is 47.6 Å². The third kappa shape index (κ3) is 3.51. The molecule has 2 aromatic rings. The SMILES string of the molecule is CC1(c2noc(C3CC3)n2)CCCCN1C(=O)COCc1ccccc1. The van der Waals surface area contributed by atoms with E-state index in [-0.39, 0.29) is 12.5 Å². The van der Waals surface area contributed by atoms with E-state index in [1.165, 1.54) is 0 Å². The highest BCUT2D eigenvalue weighted by atomic mass is 16.5. The van der Waals surface area contributed by atoms with Crippen molar-refractivity contribution >= 4 is 5.91 Å². The zero-order valence-corrected chi connectivity index (χ0v) is 15.2. The van der Waals surface area contributed by atoms with Crippen LogP contribution in [0, 0.1) is 0 Å².